The van der Waals surface area contributed by atoms with Crippen molar-refractivity contribution >= 4 is 5.69 Å². The van der Waals surface area contributed by atoms with E-state index >= 15 is 0 Å². The predicted molar refractivity (Wildman–Crippen MR) is 118 cm³/mol. The number of rotatable bonds is 5. The quantitative estimate of drug-likeness (QED) is 0.778. The normalized spacial score (nSPS) is 22.5. The molecular formula is C24H31F3N4. The van der Waals surface area contributed by atoms with E-state index in [9.17, 15) is 13.2 Å². The minimum atomic E-state index is -4.32. The molecule has 2 aliphatic heterocycles. The number of alkyl halides is 3. The molecule has 0 aliphatic carbocycles. The summed E-state index contributed by atoms with van der Waals surface area (Å²) < 4.78 is 39.7. The van der Waals surface area contributed by atoms with Gasteiger partial charge in [0.1, 0.15) is 0 Å². The number of halogens is 3. The Morgan fingerprint density at radius 1 is 0.968 bits per heavy atom. The maximum Gasteiger partial charge on any atom is 0.416 e. The van der Waals surface area contributed by atoms with Gasteiger partial charge in [-0.3, -0.25) is 9.80 Å². The summed E-state index contributed by atoms with van der Waals surface area (Å²) in [6, 6.07) is 16.7. The zero-order valence-corrected chi connectivity index (χ0v) is 18.0. The molecule has 7 heteroatoms. The molecule has 2 fully saturated rings. The molecular weight excluding hydrogens is 401 g/mol. The van der Waals surface area contributed by atoms with Crippen LogP contribution >= 0.6 is 0 Å². The van der Waals surface area contributed by atoms with E-state index in [0.29, 0.717) is 12.2 Å². The van der Waals surface area contributed by atoms with Gasteiger partial charge in [-0.25, -0.2) is 0 Å². The van der Waals surface area contributed by atoms with Crippen LogP contribution in [0.4, 0.5) is 18.9 Å². The van der Waals surface area contributed by atoms with Crippen LogP contribution in [0.15, 0.2) is 54.6 Å². The lowest BCUT2D eigenvalue weighted by Gasteiger charge is -2.47. The number of piperazine rings is 2. The Bertz CT molecular complexity index is 834. The fourth-order valence-corrected chi connectivity index (χ4v) is 4.75. The van der Waals surface area contributed by atoms with E-state index in [2.05, 4.69) is 51.2 Å². The van der Waals surface area contributed by atoms with Crippen molar-refractivity contribution in [3.05, 3.63) is 65.7 Å². The summed E-state index contributed by atoms with van der Waals surface area (Å²) in [6.45, 7) is 9.40. The predicted octanol–water partition coefficient (Wildman–Crippen LogP) is 3.69. The lowest BCUT2D eigenvalue weighted by Crippen LogP contribution is -2.62. The summed E-state index contributed by atoms with van der Waals surface area (Å²) in [4.78, 5) is 7.12. The smallest absolute Gasteiger partial charge is 0.364 e. The second-order valence-corrected chi connectivity index (χ2v) is 8.55. The fourth-order valence-electron chi connectivity index (χ4n) is 4.75. The molecule has 0 amide bonds. The number of hydrogen-bond donors (Lipinski definition) is 1. The third-order valence-electron chi connectivity index (χ3n) is 6.58. The molecule has 1 N–H and O–H groups in total. The second-order valence-electron chi connectivity index (χ2n) is 8.55. The Labute approximate surface area is 182 Å². The van der Waals surface area contributed by atoms with Crippen LogP contribution in [0.25, 0.3) is 0 Å². The van der Waals surface area contributed by atoms with Crippen LogP contribution in [0.5, 0.6) is 0 Å². The number of benzene rings is 2. The summed E-state index contributed by atoms with van der Waals surface area (Å²) in [7, 11) is 0. The van der Waals surface area contributed by atoms with E-state index in [4.69, 9.17) is 0 Å². The maximum absolute atomic E-state index is 13.2. The summed E-state index contributed by atoms with van der Waals surface area (Å²) in [5.74, 6) is 0. The van der Waals surface area contributed by atoms with Crippen LogP contribution in [-0.4, -0.2) is 67.7 Å². The summed E-state index contributed by atoms with van der Waals surface area (Å²) in [5.41, 5.74) is 1.41. The summed E-state index contributed by atoms with van der Waals surface area (Å²) in [6.07, 6.45) is -4.32. The maximum atomic E-state index is 13.2. The van der Waals surface area contributed by atoms with Gasteiger partial charge in [0.05, 0.1) is 11.6 Å². The largest absolute Gasteiger partial charge is 0.416 e. The third kappa shape index (κ3) is 5.40. The van der Waals surface area contributed by atoms with Crippen molar-refractivity contribution in [2.45, 2.75) is 31.7 Å². The second kappa shape index (κ2) is 9.59. The van der Waals surface area contributed by atoms with Crippen LogP contribution in [0.3, 0.4) is 0 Å². The molecule has 2 atom stereocenters. The highest BCUT2D eigenvalue weighted by Gasteiger charge is 2.35. The van der Waals surface area contributed by atoms with Crippen LogP contribution < -0.4 is 10.2 Å². The highest BCUT2D eigenvalue weighted by Crippen LogP contribution is 2.33. The van der Waals surface area contributed by atoms with Gasteiger partial charge in [-0.1, -0.05) is 36.4 Å². The van der Waals surface area contributed by atoms with Crippen molar-refractivity contribution in [3.63, 3.8) is 0 Å². The van der Waals surface area contributed by atoms with Gasteiger partial charge in [-0.15, -0.1) is 0 Å². The zero-order valence-electron chi connectivity index (χ0n) is 18.0. The topological polar surface area (TPSA) is 21.8 Å². The van der Waals surface area contributed by atoms with Crippen molar-refractivity contribution in [3.8, 4) is 0 Å². The first-order chi connectivity index (χ1) is 14.9. The Morgan fingerprint density at radius 3 is 2.42 bits per heavy atom. The van der Waals surface area contributed by atoms with E-state index in [1.165, 1.54) is 17.7 Å². The minimum absolute atomic E-state index is 0.137. The number of hydrogen-bond acceptors (Lipinski definition) is 4. The van der Waals surface area contributed by atoms with Gasteiger partial charge < -0.3 is 10.2 Å². The molecule has 2 aliphatic rings. The van der Waals surface area contributed by atoms with Crippen molar-refractivity contribution in [2.24, 2.45) is 0 Å². The van der Waals surface area contributed by atoms with E-state index < -0.39 is 11.7 Å². The number of nitrogens with one attached hydrogen (secondary N) is 1. The van der Waals surface area contributed by atoms with Crippen LogP contribution in [0, 0.1) is 0 Å². The minimum Gasteiger partial charge on any atom is -0.364 e. The van der Waals surface area contributed by atoms with Gasteiger partial charge >= 0.3 is 6.18 Å². The number of anilines is 1. The fraction of sp³-hybridized carbons (Fsp3) is 0.500. The summed E-state index contributed by atoms with van der Waals surface area (Å²) >= 11 is 0. The number of nitrogens with zero attached hydrogens (tertiary/aromatic N) is 3. The molecule has 4 nitrogen and oxygen atoms in total. The van der Waals surface area contributed by atoms with Crippen molar-refractivity contribution < 1.29 is 13.2 Å². The van der Waals surface area contributed by atoms with Crippen LogP contribution in [0.2, 0.25) is 0 Å². The molecule has 2 saturated heterocycles. The van der Waals surface area contributed by atoms with E-state index in [-0.39, 0.29) is 12.1 Å². The molecule has 168 valence electrons. The highest BCUT2D eigenvalue weighted by molar-refractivity contribution is 5.51. The average Bonchev–Trinajstić information content (AvgIpc) is 2.79. The molecule has 2 aromatic rings. The third-order valence-corrected chi connectivity index (χ3v) is 6.58. The lowest BCUT2D eigenvalue weighted by molar-refractivity contribution is -0.137. The first-order valence-corrected chi connectivity index (χ1v) is 11.1. The average molecular weight is 433 g/mol. The zero-order chi connectivity index (χ0) is 21.8. The molecule has 0 saturated carbocycles. The van der Waals surface area contributed by atoms with Crippen LogP contribution in [0.1, 0.15) is 18.1 Å². The monoisotopic (exact) mass is 432 g/mol. The van der Waals surface area contributed by atoms with Gasteiger partial charge in [0, 0.05) is 64.1 Å². The van der Waals surface area contributed by atoms with Gasteiger partial charge in [0.15, 0.2) is 0 Å². The molecule has 0 bridgehead atoms. The Hall–Kier alpha value is -2.09. The van der Waals surface area contributed by atoms with E-state index in [1.807, 2.05) is 6.07 Å². The molecule has 0 spiro atoms. The molecule has 2 aromatic carbocycles. The van der Waals surface area contributed by atoms with Gasteiger partial charge in [0.2, 0.25) is 0 Å². The van der Waals surface area contributed by atoms with Gasteiger partial charge in [-0.2, -0.15) is 13.2 Å². The van der Waals surface area contributed by atoms with Crippen molar-refractivity contribution in [2.75, 3.05) is 50.7 Å². The van der Waals surface area contributed by atoms with Gasteiger partial charge in [0.25, 0.3) is 0 Å². The standard InChI is InChI=1S/C24H31F3N4/c1-19(30-14-12-29(13-15-30)18-20-6-3-2-4-7-20)23-17-28-10-11-31(23)22-9-5-8-21(16-22)24(25,26)27/h2-9,16,19,23,28H,10-15,17-18H2,1H3. The Morgan fingerprint density at radius 2 is 1.71 bits per heavy atom. The molecule has 2 heterocycles. The SMILES string of the molecule is CC(C1CNCCN1c1cccc(C(F)(F)F)c1)N1CCN(Cc2ccccc2)CC1. The molecule has 2 unspecified atom stereocenters. The Kier molecular flexibility index (Phi) is 6.84. The molecule has 31 heavy (non-hydrogen) atoms. The first kappa shape index (κ1) is 22.1. The van der Waals surface area contributed by atoms with E-state index in [1.54, 1.807) is 6.07 Å². The molecule has 4 rings (SSSR count). The molecule has 0 aromatic heterocycles. The Balaban J connectivity index is 1.41. The highest BCUT2D eigenvalue weighted by atomic mass is 19.4. The first-order valence-electron chi connectivity index (χ1n) is 11.1. The van der Waals surface area contributed by atoms with Crippen LogP contribution in [-0.2, 0) is 12.7 Å². The van der Waals surface area contributed by atoms with E-state index in [0.717, 1.165) is 51.9 Å². The molecule has 0 radical (unpaired) electrons. The van der Waals surface area contributed by atoms with Crippen molar-refractivity contribution in [1.29, 1.82) is 0 Å². The lowest BCUT2D eigenvalue weighted by atomic mass is 10.0. The van der Waals surface area contributed by atoms with Crippen molar-refractivity contribution in [1.82, 2.24) is 15.1 Å². The summed E-state index contributed by atoms with van der Waals surface area (Å²) in [5, 5.41) is 3.44. The van der Waals surface area contributed by atoms with Gasteiger partial charge in [-0.05, 0) is 30.7 Å².